The SMILES string of the molecule is O=PO.O=PO.[Co+2].[OH3+].[OH3+].[OH3+].[OH3+].[OH3+].[OH3+]. The summed E-state index contributed by atoms with van der Waals surface area (Å²) in [5.74, 6) is 0. The van der Waals surface area contributed by atoms with Crippen molar-refractivity contribution in [2.24, 2.45) is 0 Å². The van der Waals surface area contributed by atoms with Gasteiger partial charge in [0.2, 0.25) is 0 Å². The third kappa shape index (κ3) is 8950. The standard InChI is InChI=1S/Co.2HO2P.6H2O/c;2*1-3-2;;;;;;/h;2*(H,1,2);6*1H2/q+2;;;;;;;;/p+6. The van der Waals surface area contributed by atoms with Gasteiger partial charge in [0, 0.05) is 0 Å². The third-order valence-electron chi connectivity index (χ3n) is 0. The van der Waals surface area contributed by atoms with Crippen LogP contribution in [0.1, 0.15) is 0 Å². The fraction of sp³-hybridized carbons (Fsp3) is 0. The molecule has 0 fully saturated rings. The van der Waals surface area contributed by atoms with Crippen molar-refractivity contribution in [3.8, 4) is 0 Å². The predicted octanol–water partition coefficient (Wildman–Crippen LogP) is -5.16. The molecule has 0 aliphatic rings. The summed E-state index contributed by atoms with van der Waals surface area (Å²) in [6, 6.07) is 0. The maximum atomic E-state index is 8.46. The van der Waals surface area contributed by atoms with Gasteiger partial charge in [-0.15, -0.1) is 0 Å². The van der Waals surface area contributed by atoms with Gasteiger partial charge in [0.05, 0.1) is 0 Å². The largest absolute Gasteiger partial charge is 2.00 e. The van der Waals surface area contributed by atoms with Gasteiger partial charge in [-0.05, 0) is 0 Å². The number of rotatable bonds is 0. The Labute approximate surface area is 86.6 Å². The van der Waals surface area contributed by atoms with Gasteiger partial charge >= 0.3 is 34.2 Å². The van der Waals surface area contributed by atoms with Crippen molar-refractivity contribution in [3.05, 3.63) is 0 Å². The van der Waals surface area contributed by atoms with Gasteiger partial charge in [-0.25, -0.2) is 9.13 Å². The van der Waals surface area contributed by atoms with E-state index in [-0.39, 0.29) is 49.6 Å². The van der Waals surface area contributed by atoms with E-state index in [1.54, 1.807) is 0 Å². The summed E-state index contributed by atoms with van der Waals surface area (Å²) >= 11 is 0. The Kier molecular flexibility index (Phi) is 2320. The molecule has 0 atom stereocenters. The van der Waals surface area contributed by atoms with Crippen LogP contribution in [-0.4, -0.2) is 9.79 Å². The summed E-state index contributed by atoms with van der Waals surface area (Å²) in [6.45, 7) is 0. The van der Waals surface area contributed by atoms with E-state index in [1.807, 2.05) is 0 Å². The van der Waals surface area contributed by atoms with Crippen molar-refractivity contribution < 1.29 is 68.6 Å². The van der Waals surface area contributed by atoms with Crippen LogP contribution >= 0.6 is 17.4 Å². The molecule has 0 aliphatic heterocycles. The molecule has 1 radical (unpaired) electrons. The quantitative estimate of drug-likeness (QED) is 0.327. The van der Waals surface area contributed by atoms with Crippen molar-refractivity contribution in [1.29, 1.82) is 0 Å². The Morgan fingerprint density at radius 1 is 0.615 bits per heavy atom. The van der Waals surface area contributed by atoms with Crippen molar-refractivity contribution in [2.75, 3.05) is 0 Å². The molecule has 0 aromatic rings. The van der Waals surface area contributed by atoms with Crippen LogP contribution in [0.3, 0.4) is 0 Å². The summed E-state index contributed by atoms with van der Waals surface area (Å²) in [5.41, 5.74) is 0. The normalized spacial score (nSPS) is 3.23. The van der Waals surface area contributed by atoms with E-state index < -0.39 is 17.4 Å². The van der Waals surface area contributed by atoms with Gasteiger partial charge in [-0.1, -0.05) is 0 Å². The van der Waals surface area contributed by atoms with Crippen LogP contribution < -0.4 is 0 Å². The van der Waals surface area contributed by atoms with Gasteiger partial charge < -0.3 is 42.6 Å². The molecule has 0 spiro atoms. The van der Waals surface area contributed by atoms with Crippen LogP contribution in [0, 0.1) is 0 Å². The molecule has 0 saturated carbocycles. The number of hydrogen-bond acceptors (Lipinski definition) is 2. The fourth-order valence-corrected chi connectivity index (χ4v) is 0. The minimum atomic E-state index is -0.833. The van der Waals surface area contributed by atoms with Crippen molar-refractivity contribution in [1.82, 2.24) is 0 Å². The second kappa shape index (κ2) is 282. The van der Waals surface area contributed by atoms with E-state index in [2.05, 4.69) is 0 Å². The molecule has 0 aliphatic carbocycles. The van der Waals surface area contributed by atoms with Crippen LogP contribution in [0.4, 0.5) is 0 Å². The smallest absolute Gasteiger partial charge is 0.457 e. The molecule has 0 rings (SSSR count). The Balaban J connectivity index is -0.00000000229. The van der Waals surface area contributed by atoms with Crippen LogP contribution in [0.2, 0.25) is 0 Å². The maximum Gasteiger partial charge on any atom is 2.00 e. The van der Waals surface area contributed by atoms with Crippen LogP contribution in [0.15, 0.2) is 0 Å². The average Bonchev–Trinajstić information content (AvgIpc) is 1.39. The van der Waals surface area contributed by atoms with Crippen molar-refractivity contribution in [3.63, 3.8) is 0 Å². The van der Waals surface area contributed by atoms with Gasteiger partial charge in [0.25, 0.3) is 0 Å². The molecule has 91 valence electrons. The Hall–Kier alpha value is 0.386. The maximum absolute atomic E-state index is 8.46. The Morgan fingerprint density at radius 3 is 0.615 bits per heavy atom. The molecule has 0 bridgehead atoms. The summed E-state index contributed by atoms with van der Waals surface area (Å²) in [4.78, 5) is 14.0. The van der Waals surface area contributed by atoms with E-state index >= 15 is 0 Å². The third-order valence-corrected chi connectivity index (χ3v) is 0. The Morgan fingerprint density at radius 2 is 0.615 bits per heavy atom. The first kappa shape index (κ1) is 107. The molecule has 0 heterocycles. The zero-order chi connectivity index (χ0) is 5.41. The van der Waals surface area contributed by atoms with Gasteiger partial charge in [0.1, 0.15) is 0 Å². The van der Waals surface area contributed by atoms with E-state index in [9.17, 15) is 0 Å². The summed E-state index contributed by atoms with van der Waals surface area (Å²) in [5, 5.41) is 0. The zero-order valence-corrected chi connectivity index (χ0v) is 9.23. The van der Waals surface area contributed by atoms with Gasteiger partial charge in [0.15, 0.2) is 0 Å². The van der Waals surface area contributed by atoms with Crippen LogP contribution in [0.25, 0.3) is 0 Å². The van der Waals surface area contributed by atoms with E-state index in [0.717, 1.165) is 0 Å². The van der Waals surface area contributed by atoms with Crippen LogP contribution in [0.5, 0.6) is 0 Å². The number of hydrogen-bond donors (Lipinski definition) is 2. The molecule has 0 aromatic heterocycles. The minimum absolute atomic E-state index is 0. The first-order valence-corrected chi connectivity index (χ1v) is 2.30. The first-order valence-electron chi connectivity index (χ1n) is 0.765. The van der Waals surface area contributed by atoms with E-state index in [4.69, 9.17) is 18.9 Å². The van der Waals surface area contributed by atoms with E-state index in [0.29, 0.717) is 0 Å². The zero-order valence-electron chi connectivity index (χ0n) is 6.40. The summed E-state index contributed by atoms with van der Waals surface area (Å²) in [6.07, 6.45) is 0. The topological polar surface area (TPSA) is 273 Å². The molecular formula is H20CoO10P2+8. The van der Waals surface area contributed by atoms with Crippen molar-refractivity contribution in [2.45, 2.75) is 0 Å². The second-order valence-electron chi connectivity index (χ2n) is 0.163. The fourth-order valence-electron chi connectivity index (χ4n) is 0. The molecule has 20 N–H and O–H groups in total. The first-order chi connectivity index (χ1) is 2.83. The monoisotopic (exact) mass is 301 g/mol. The molecule has 0 unspecified atom stereocenters. The van der Waals surface area contributed by atoms with E-state index in [1.165, 1.54) is 0 Å². The molecule has 13 heteroatoms. The summed E-state index contributed by atoms with van der Waals surface area (Å²) < 4.78 is 16.9. The molecule has 0 amide bonds. The molecule has 10 nitrogen and oxygen atoms in total. The van der Waals surface area contributed by atoms with Gasteiger partial charge in [-0.2, -0.15) is 0 Å². The molecule has 0 aromatic carbocycles. The minimum Gasteiger partial charge on any atom is -0.457 e. The molecule has 13 heavy (non-hydrogen) atoms. The molecule has 0 saturated heterocycles. The average molecular weight is 301 g/mol. The summed E-state index contributed by atoms with van der Waals surface area (Å²) in [7, 11) is -1.67. The predicted molar refractivity (Wildman–Crippen MR) is 48.9 cm³/mol. The second-order valence-corrected chi connectivity index (χ2v) is 0.490. The Bertz CT molecular complexity index is 33.9. The molecular weight excluding hydrogens is 281 g/mol. The van der Waals surface area contributed by atoms with Gasteiger partial charge in [-0.3, -0.25) is 0 Å². The van der Waals surface area contributed by atoms with Crippen LogP contribution in [-0.2, 0) is 58.8 Å². The van der Waals surface area contributed by atoms with Crippen molar-refractivity contribution >= 4 is 17.4 Å².